The van der Waals surface area contributed by atoms with Crippen molar-refractivity contribution >= 4 is 22.6 Å². The van der Waals surface area contributed by atoms with Gasteiger partial charge in [-0.3, -0.25) is 4.79 Å². The molecule has 1 aliphatic heterocycles. The highest BCUT2D eigenvalue weighted by Crippen LogP contribution is 2.34. The summed E-state index contributed by atoms with van der Waals surface area (Å²) in [5.41, 5.74) is 8.13. The molecule has 1 aliphatic rings. The Kier molecular flexibility index (Phi) is 3.45. The van der Waals surface area contributed by atoms with E-state index in [0.717, 1.165) is 22.4 Å². The van der Waals surface area contributed by atoms with Gasteiger partial charge in [-0.1, -0.05) is 12.1 Å². The molecule has 7 heteroatoms. The Labute approximate surface area is 137 Å². The van der Waals surface area contributed by atoms with Crippen LogP contribution in [0.4, 0.5) is 5.69 Å². The Bertz CT molecular complexity index is 919. The van der Waals surface area contributed by atoms with E-state index in [1.54, 1.807) is 6.20 Å². The van der Waals surface area contributed by atoms with Crippen LogP contribution in [0.25, 0.3) is 11.0 Å². The van der Waals surface area contributed by atoms with E-state index in [1.165, 1.54) is 6.20 Å². The number of rotatable bonds is 4. The predicted molar refractivity (Wildman–Crippen MR) is 89.4 cm³/mol. The second-order valence-corrected chi connectivity index (χ2v) is 5.45. The first-order valence-electron chi connectivity index (χ1n) is 7.61. The summed E-state index contributed by atoms with van der Waals surface area (Å²) in [5, 5.41) is 4.11. The van der Waals surface area contributed by atoms with Crippen molar-refractivity contribution in [1.29, 1.82) is 0 Å². The van der Waals surface area contributed by atoms with Gasteiger partial charge in [-0.05, 0) is 12.1 Å². The highest BCUT2D eigenvalue weighted by atomic mass is 16.6. The van der Waals surface area contributed by atoms with Crippen molar-refractivity contribution in [3.63, 3.8) is 0 Å². The van der Waals surface area contributed by atoms with Gasteiger partial charge >= 0.3 is 0 Å². The van der Waals surface area contributed by atoms with E-state index < -0.39 is 5.91 Å². The molecular formula is C17H16N4O3. The van der Waals surface area contributed by atoms with E-state index in [2.05, 4.69) is 15.3 Å². The number of hydrogen-bond donors (Lipinski definition) is 3. The Morgan fingerprint density at radius 1 is 1.29 bits per heavy atom. The van der Waals surface area contributed by atoms with Gasteiger partial charge < -0.3 is 25.5 Å². The third-order valence-electron chi connectivity index (χ3n) is 3.96. The quantitative estimate of drug-likeness (QED) is 0.681. The number of H-pyrrole nitrogens is 1. The first kappa shape index (κ1) is 14.4. The minimum absolute atomic E-state index is 0.351. The summed E-state index contributed by atoms with van der Waals surface area (Å²) < 4.78 is 11.3. The molecule has 3 heterocycles. The number of fused-ring (bicyclic) bond motifs is 2. The number of nitrogens with zero attached hydrogens (tertiary/aromatic N) is 1. The maximum Gasteiger partial charge on any atom is 0.252 e. The van der Waals surface area contributed by atoms with Crippen molar-refractivity contribution in [2.45, 2.75) is 6.54 Å². The molecule has 7 nitrogen and oxygen atoms in total. The number of hydrogen-bond acceptors (Lipinski definition) is 5. The monoisotopic (exact) mass is 324 g/mol. The summed E-state index contributed by atoms with van der Waals surface area (Å²) >= 11 is 0. The molecule has 0 saturated carbocycles. The van der Waals surface area contributed by atoms with Gasteiger partial charge in [0.2, 0.25) is 0 Å². The van der Waals surface area contributed by atoms with Crippen LogP contribution in [0, 0.1) is 0 Å². The van der Waals surface area contributed by atoms with Gasteiger partial charge in [-0.2, -0.15) is 0 Å². The lowest BCUT2D eigenvalue weighted by Crippen LogP contribution is -2.18. The molecule has 0 fully saturated rings. The Morgan fingerprint density at radius 2 is 2.17 bits per heavy atom. The number of amides is 1. The number of aromatic amines is 1. The average Bonchev–Trinajstić information content (AvgIpc) is 3.08. The molecule has 24 heavy (non-hydrogen) atoms. The zero-order valence-electron chi connectivity index (χ0n) is 12.8. The number of anilines is 1. The molecule has 0 spiro atoms. The first-order valence-corrected chi connectivity index (χ1v) is 7.61. The zero-order chi connectivity index (χ0) is 16.5. The van der Waals surface area contributed by atoms with Crippen LogP contribution in [-0.4, -0.2) is 29.1 Å². The molecule has 0 bridgehead atoms. The van der Waals surface area contributed by atoms with E-state index in [1.807, 2.05) is 24.3 Å². The van der Waals surface area contributed by atoms with Crippen molar-refractivity contribution in [3.8, 4) is 11.5 Å². The van der Waals surface area contributed by atoms with Gasteiger partial charge in [0, 0.05) is 29.9 Å². The molecule has 0 unspecified atom stereocenters. The highest BCUT2D eigenvalue weighted by molar-refractivity contribution is 6.05. The number of ether oxygens (including phenoxy) is 2. The summed E-state index contributed by atoms with van der Waals surface area (Å²) in [6, 6.07) is 7.61. The average molecular weight is 324 g/mol. The van der Waals surface area contributed by atoms with Crippen LogP contribution in [0.2, 0.25) is 0 Å². The second-order valence-electron chi connectivity index (χ2n) is 5.45. The first-order chi connectivity index (χ1) is 11.7. The zero-order valence-corrected chi connectivity index (χ0v) is 12.8. The fourth-order valence-corrected chi connectivity index (χ4v) is 2.84. The number of nitrogens with two attached hydrogens (primary N) is 1. The molecule has 2 aromatic heterocycles. The fraction of sp³-hybridized carbons (Fsp3) is 0.176. The number of pyridine rings is 1. The van der Waals surface area contributed by atoms with Gasteiger partial charge in [-0.15, -0.1) is 0 Å². The van der Waals surface area contributed by atoms with Crippen LogP contribution in [-0.2, 0) is 6.54 Å². The van der Waals surface area contributed by atoms with Crippen molar-refractivity contribution in [2.24, 2.45) is 5.73 Å². The number of para-hydroxylation sites is 1. The lowest BCUT2D eigenvalue weighted by Gasteiger charge is -2.21. The lowest BCUT2D eigenvalue weighted by molar-refractivity contribution is 0.100. The second kappa shape index (κ2) is 5.77. The van der Waals surface area contributed by atoms with Crippen molar-refractivity contribution in [3.05, 3.63) is 47.8 Å². The summed E-state index contributed by atoms with van der Waals surface area (Å²) in [7, 11) is 0. The molecule has 0 saturated heterocycles. The number of benzene rings is 1. The largest absolute Gasteiger partial charge is 0.486 e. The lowest BCUT2D eigenvalue weighted by atomic mass is 10.1. The summed E-state index contributed by atoms with van der Waals surface area (Å²) in [5.74, 6) is 0.941. The molecule has 0 radical (unpaired) electrons. The SMILES string of the molecule is NC(=O)c1cnc2[nH]ccc2c1NCc1cccc2c1OCCO2. The maximum absolute atomic E-state index is 11.7. The van der Waals surface area contributed by atoms with Gasteiger partial charge in [0.1, 0.15) is 18.9 Å². The van der Waals surface area contributed by atoms with Gasteiger partial charge in [0.05, 0.1) is 11.3 Å². The van der Waals surface area contributed by atoms with Crippen LogP contribution >= 0.6 is 0 Å². The molecule has 122 valence electrons. The predicted octanol–water partition coefficient (Wildman–Crippen LogP) is 2.05. The summed E-state index contributed by atoms with van der Waals surface area (Å²) in [6.45, 7) is 1.54. The standard InChI is InChI=1S/C17H16N4O3/c18-16(22)12-9-21-17-11(4-5-19-17)14(12)20-8-10-2-1-3-13-15(10)24-7-6-23-13/h1-5,9H,6-8H2,(H2,18,22)(H2,19,20,21). The van der Waals surface area contributed by atoms with Crippen LogP contribution in [0.15, 0.2) is 36.7 Å². The van der Waals surface area contributed by atoms with Crippen LogP contribution in [0.1, 0.15) is 15.9 Å². The molecule has 4 N–H and O–H groups in total. The van der Waals surface area contributed by atoms with E-state index in [-0.39, 0.29) is 0 Å². The third-order valence-corrected chi connectivity index (χ3v) is 3.96. The molecule has 0 atom stereocenters. The minimum Gasteiger partial charge on any atom is -0.486 e. The normalized spacial score (nSPS) is 13.0. The number of nitrogens with one attached hydrogen (secondary N) is 2. The summed E-state index contributed by atoms with van der Waals surface area (Å²) in [6.07, 6.45) is 3.25. The number of primary amides is 1. The minimum atomic E-state index is -0.525. The summed E-state index contributed by atoms with van der Waals surface area (Å²) in [4.78, 5) is 19.0. The smallest absolute Gasteiger partial charge is 0.252 e. The topological polar surface area (TPSA) is 102 Å². The van der Waals surface area contributed by atoms with Gasteiger partial charge in [0.25, 0.3) is 5.91 Å². The van der Waals surface area contributed by atoms with E-state index in [0.29, 0.717) is 36.7 Å². The Hall–Kier alpha value is -3.22. The van der Waals surface area contributed by atoms with Crippen LogP contribution < -0.4 is 20.5 Å². The Balaban J connectivity index is 1.69. The molecule has 4 rings (SSSR count). The van der Waals surface area contributed by atoms with Crippen LogP contribution in [0.3, 0.4) is 0 Å². The van der Waals surface area contributed by atoms with Crippen LogP contribution in [0.5, 0.6) is 11.5 Å². The number of carbonyl (C=O) groups excluding carboxylic acids is 1. The van der Waals surface area contributed by atoms with E-state index in [4.69, 9.17) is 15.2 Å². The fourth-order valence-electron chi connectivity index (χ4n) is 2.84. The number of aromatic nitrogens is 2. The molecular weight excluding hydrogens is 308 g/mol. The molecule has 0 aliphatic carbocycles. The molecule has 1 aromatic carbocycles. The third kappa shape index (κ3) is 2.40. The van der Waals surface area contributed by atoms with Crippen molar-refractivity contribution < 1.29 is 14.3 Å². The molecule has 1 amide bonds. The highest BCUT2D eigenvalue weighted by Gasteiger charge is 2.17. The maximum atomic E-state index is 11.7. The van der Waals surface area contributed by atoms with Crippen molar-refractivity contribution in [2.75, 3.05) is 18.5 Å². The van der Waals surface area contributed by atoms with E-state index >= 15 is 0 Å². The molecule has 3 aromatic rings. The van der Waals surface area contributed by atoms with E-state index in [9.17, 15) is 4.79 Å². The Morgan fingerprint density at radius 3 is 3.04 bits per heavy atom. The van der Waals surface area contributed by atoms with Gasteiger partial charge in [-0.25, -0.2) is 4.98 Å². The van der Waals surface area contributed by atoms with Gasteiger partial charge in [0.15, 0.2) is 11.5 Å². The number of carbonyl (C=O) groups is 1. The van der Waals surface area contributed by atoms with Crippen molar-refractivity contribution in [1.82, 2.24) is 9.97 Å².